The van der Waals surface area contributed by atoms with Crippen LogP contribution >= 0.6 is 0 Å². The van der Waals surface area contributed by atoms with Crippen molar-refractivity contribution in [3.05, 3.63) is 59.9 Å². The molecule has 0 aliphatic rings. The number of amides is 1. The summed E-state index contributed by atoms with van der Waals surface area (Å²) in [5, 5.41) is 11.8. The number of hydrogen-bond acceptors (Lipinski definition) is 3. The predicted octanol–water partition coefficient (Wildman–Crippen LogP) is 4.01. The van der Waals surface area contributed by atoms with Crippen molar-refractivity contribution in [2.75, 3.05) is 0 Å². The molecule has 1 unspecified atom stereocenters. The standard InChI is InChI=1S/C20H22FNO4/c1-20(2,3)26-19(25)22-17(18(23)24)12-14-6-4-5-7-16(14)13-8-10-15(21)11-9-13/h4-11,17H,12H2,1-3H3,(H,22,25)(H,23,24). The maximum absolute atomic E-state index is 13.2. The first-order chi connectivity index (χ1) is 12.2. The summed E-state index contributed by atoms with van der Waals surface area (Å²) in [5.74, 6) is -1.51. The summed E-state index contributed by atoms with van der Waals surface area (Å²) in [7, 11) is 0. The minimum atomic E-state index is -1.16. The van der Waals surface area contributed by atoms with Crippen LogP contribution in [0, 0.1) is 5.82 Å². The molecule has 0 heterocycles. The van der Waals surface area contributed by atoms with Gasteiger partial charge in [0.1, 0.15) is 17.5 Å². The van der Waals surface area contributed by atoms with Gasteiger partial charge in [0, 0.05) is 6.42 Å². The van der Waals surface area contributed by atoms with Crippen LogP contribution in [0.1, 0.15) is 26.3 Å². The highest BCUT2D eigenvalue weighted by atomic mass is 19.1. The van der Waals surface area contributed by atoms with E-state index in [1.807, 2.05) is 12.1 Å². The van der Waals surface area contributed by atoms with Crippen LogP contribution in [0.4, 0.5) is 9.18 Å². The number of carboxylic acids is 1. The van der Waals surface area contributed by atoms with Crippen molar-refractivity contribution in [1.29, 1.82) is 0 Å². The molecule has 138 valence electrons. The molecule has 0 spiro atoms. The molecule has 2 aromatic rings. The van der Waals surface area contributed by atoms with Gasteiger partial charge in [0.15, 0.2) is 0 Å². The zero-order chi connectivity index (χ0) is 19.3. The fraction of sp³-hybridized carbons (Fsp3) is 0.300. The third-order valence-electron chi connectivity index (χ3n) is 3.59. The summed E-state index contributed by atoms with van der Waals surface area (Å²) < 4.78 is 18.3. The topological polar surface area (TPSA) is 75.6 Å². The molecule has 6 heteroatoms. The number of nitrogens with one attached hydrogen (secondary N) is 1. The molecule has 0 bridgehead atoms. The Morgan fingerprint density at radius 1 is 1.12 bits per heavy atom. The fourth-order valence-corrected chi connectivity index (χ4v) is 2.48. The summed E-state index contributed by atoms with van der Waals surface area (Å²) in [4.78, 5) is 23.5. The second kappa shape index (κ2) is 7.99. The highest BCUT2D eigenvalue weighted by Crippen LogP contribution is 2.25. The van der Waals surface area contributed by atoms with Crippen LogP contribution in [0.2, 0.25) is 0 Å². The summed E-state index contributed by atoms with van der Waals surface area (Å²) >= 11 is 0. The van der Waals surface area contributed by atoms with Crippen molar-refractivity contribution in [2.24, 2.45) is 0 Å². The molecule has 1 amide bonds. The molecule has 0 saturated heterocycles. The van der Waals surface area contributed by atoms with Gasteiger partial charge < -0.3 is 15.2 Å². The second-order valence-electron chi connectivity index (χ2n) is 6.91. The van der Waals surface area contributed by atoms with Gasteiger partial charge in [-0.15, -0.1) is 0 Å². The summed E-state index contributed by atoms with van der Waals surface area (Å²) in [5.41, 5.74) is 1.55. The molecule has 0 aliphatic carbocycles. The Kier molecular flexibility index (Phi) is 5.97. The van der Waals surface area contributed by atoms with Gasteiger partial charge in [-0.2, -0.15) is 0 Å². The van der Waals surface area contributed by atoms with Crippen molar-refractivity contribution in [3.63, 3.8) is 0 Å². The largest absolute Gasteiger partial charge is 0.480 e. The first kappa shape index (κ1) is 19.4. The zero-order valence-electron chi connectivity index (χ0n) is 15.0. The summed E-state index contributed by atoms with van der Waals surface area (Å²) in [6.07, 6.45) is -0.716. The van der Waals surface area contributed by atoms with E-state index in [0.29, 0.717) is 0 Å². The highest BCUT2D eigenvalue weighted by molar-refractivity contribution is 5.81. The molecule has 2 N–H and O–H groups in total. The number of carbonyl (C=O) groups excluding carboxylic acids is 1. The Morgan fingerprint density at radius 3 is 2.31 bits per heavy atom. The van der Waals surface area contributed by atoms with Crippen molar-refractivity contribution >= 4 is 12.1 Å². The molecule has 2 aromatic carbocycles. The Labute approximate surface area is 151 Å². The van der Waals surface area contributed by atoms with Gasteiger partial charge in [-0.05, 0) is 49.6 Å². The SMILES string of the molecule is CC(C)(C)OC(=O)NC(Cc1ccccc1-c1ccc(F)cc1)C(=O)O. The number of halogens is 1. The number of benzene rings is 2. The minimum Gasteiger partial charge on any atom is -0.480 e. The lowest BCUT2D eigenvalue weighted by Gasteiger charge is -2.22. The minimum absolute atomic E-state index is 0.0716. The molecule has 0 saturated carbocycles. The van der Waals surface area contributed by atoms with E-state index in [2.05, 4.69) is 5.32 Å². The van der Waals surface area contributed by atoms with Crippen LogP contribution in [0.3, 0.4) is 0 Å². The normalized spacial score (nSPS) is 12.3. The van der Waals surface area contributed by atoms with E-state index >= 15 is 0 Å². The van der Waals surface area contributed by atoms with Crippen LogP contribution in [0.15, 0.2) is 48.5 Å². The van der Waals surface area contributed by atoms with Crippen LogP contribution in [-0.2, 0) is 16.0 Å². The Morgan fingerprint density at radius 2 is 1.73 bits per heavy atom. The van der Waals surface area contributed by atoms with E-state index in [1.165, 1.54) is 12.1 Å². The molecular weight excluding hydrogens is 337 g/mol. The van der Waals surface area contributed by atoms with Crippen LogP contribution < -0.4 is 5.32 Å². The lowest BCUT2D eigenvalue weighted by molar-refractivity contribution is -0.139. The number of carbonyl (C=O) groups is 2. The van der Waals surface area contributed by atoms with E-state index in [0.717, 1.165) is 16.7 Å². The van der Waals surface area contributed by atoms with Crippen molar-refractivity contribution in [3.8, 4) is 11.1 Å². The van der Waals surface area contributed by atoms with Gasteiger partial charge in [0.05, 0.1) is 0 Å². The fourth-order valence-electron chi connectivity index (χ4n) is 2.48. The van der Waals surface area contributed by atoms with E-state index in [9.17, 15) is 19.1 Å². The Balaban J connectivity index is 2.23. The third-order valence-corrected chi connectivity index (χ3v) is 3.59. The summed E-state index contributed by atoms with van der Waals surface area (Å²) in [6.45, 7) is 5.10. The molecular formula is C20H22FNO4. The first-order valence-corrected chi connectivity index (χ1v) is 8.22. The second-order valence-corrected chi connectivity index (χ2v) is 6.91. The molecule has 26 heavy (non-hydrogen) atoms. The maximum atomic E-state index is 13.2. The lowest BCUT2D eigenvalue weighted by Crippen LogP contribution is -2.44. The highest BCUT2D eigenvalue weighted by Gasteiger charge is 2.25. The lowest BCUT2D eigenvalue weighted by atomic mass is 9.95. The van der Waals surface area contributed by atoms with Crippen LogP contribution in [0.25, 0.3) is 11.1 Å². The van der Waals surface area contributed by atoms with Gasteiger partial charge in [-0.25, -0.2) is 14.0 Å². The van der Waals surface area contributed by atoms with Gasteiger partial charge in [0.2, 0.25) is 0 Å². The van der Waals surface area contributed by atoms with Crippen molar-refractivity contribution in [2.45, 2.75) is 38.8 Å². The molecule has 0 aliphatic heterocycles. The van der Waals surface area contributed by atoms with E-state index in [1.54, 1.807) is 45.0 Å². The number of carboxylic acid groups (broad SMARTS) is 1. The number of aliphatic carboxylic acids is 1. The van der Waals surface area contributed by atoms with Crippen molar-refractivity contribution < 1.29 is 23.8 Å². The average Bonchev–Trinajstić information content (AvgIpc) is 2.54. The number of hydrogen-bond donors (Lipinski definition) is 2. The molecule has 2 rings (SSSR count). The van der Waals surface area contributed by atoms with Gasteiger partial charge in [-0.1, -0.05) is 36.4 Å². The van der Waals surface area contributed by atoms with Crippen LogP contribution in [0.5, 0.6) is 0 Å². The predicted molar refractivity (Wildman–Crippen MR) is 96.3 cm³/mol. The van der Waals surface area contributed by atoms with E-state index in [4.69, 9.17) is 4.74 Å². The zero-order valence-corrected chi connectivity index (χ0v) is 15.0. The summed E-state index contributed by atoms with van der Waals surface area (Å²) in [6, 6.07) is 12.0. The molecule has 1 atom stereocenters. The Bertz CT molecular complexity index is 781. The van der Waals surface area contributed by atoms with E-state index < -0.39 is 23.7 Å². The quantitative estimate of drug-likeness (QED) is 0.846. The molecule has 0 radical (unpaired) electrons. The molecule has 5 nitrogen and oxygen atoms in total. The number of alkyl carbamates (subject to hydrolysis) is 1. The molecule has 0 fully saturated rings. The van der Waals surface area contributed by atoms with Crippen molar-refractivity contribution in [1.82, 2.24) is 5.32 Å². The maximum Gasteiger partial charge on any atom is 0.408 e. The number of rotatable bonds is 5. The van der Waals surface area contributed by atoms with Gasteiger partial charge in [0.25, 0.3) is 0 Å². The molecule has 0 aromatic heterocycles. The average molecular weight is 359 g/mol. The smallest absolute Gasteiger partial charge is 0.408 e. The first-order valence-electron chi connectivity index (χ1n) is 8.22. The number of ether oxygens (including phenoxy) is 1. The van der Waals surface area contributed by atoms with Crippen LogP contribution in [-0.4, -0.2) is 28.8 Å². The Hall–Kier alpha value is -2.89. The van der Waals surface area contributed by atoms with Gasteiger partial charge >= 0.3 is 12.1 Å². The third kappa shape index (κ3) is 5.58. The monoisotopic (exact) mass is 359 g/mol. The van der Waals surface area contributed by atoms with E-state index in [-0.39, 0.29) is 12.2 Å². The van der Waals surface area contributed by atoms with Gasteiger partial charge in [-0.3, -0.25) is 0 Å².